The van der Waals surface area contributed by atoms with Crippen molar-refractivity contribution < 1.29 is 4.74 Å². The van der Waals surface area contributed by atoms with Gasteiger partial charge in [0.2, 0.25) is 11.8 Å². The van der Waals surface area contributed by atoms with Crippen molar-refractivity contribution in [3.63, 3.8) is 0 Å². The molecule has 0 bridgehead atoms. The highest BCUT2D eigenvalue weighted by atomic mass is 16.5. The Bertz CT molecular complexity index is 879. The van der Waals surface area contributed by atoms with Crippen LogP contribution in [0.2, 0.25) is 0 Å². The smallest absolute Gasteiger partial charge is 0.225 e. The maximum atomic E-state index is 6.02. The summed E-state index contributed by atoms with van der Waals surface area (Å²) in [5.74, 6) is 1.40. The second kappa shape index (κ2) is 7.11. The summed E-state index contributed by atoms with van der Waals surface area (Å²) >= 11 is 0. The lowest BCUT2D eigenvalue weighted by Gasteiger charge is -2.32. The highest BCUT2D eigenvalue weighted by Gasteiger charge is 2.24. The first kappa shape index (κ1) is 16.5. The van der Waals surface area contributed by atoms with Crippen LogP contribution in [0, 0.1) is 6.92 Å². The van der Waals surface area contributed by atoms with Gasteiger partial charge < -0.3 is 9.64 Å². The fourth-order valence-corrected chi connectivity index (χ4v) is 3.31. The van der Waals surface area contributed by atoms with Gasteiger partial charge in [-0.25, -0.2) is 15.0 Å². The van der Waals surface area contributed by atoms with Crippen molar-refractivity contribution in [1.82, 2.24) is 24.7 Å². The summed E-state index contributed by atoms with van der Waals surface area (Å²) in [4.78, 5) is 15.7. The maximum absolute atomic E-state index is 6.02. The fraction of sp³-hybridized carbons (Fsp3) is 0.368. The van der Waals surface area contributed by atoms with Gasteiger partial charge in [-0.1, -0.05) is 6.07 Å². The Morgan fingerprint density at radius 2 is 2.08 bits per heavy atom. The van der Waals surface area contributed by atoms with Gasteiger partial charge in [-0.15, -0.1) is 0 Å². The molecule has 7 heteroatoms. The monoisotopic (exact) mass is 350 g/mol. The molecule has 4 rings (SSSR count). The summed E-state index contributed by atoms with van der Waals surface area (Å²) in [6, 6.07) is 7.64. The third-order valence-electron chi connectivity index (χ3n) is 4.52. The molecule has 0 aliphatic carbocycles. The van der Waals surface area contributed by atoms with Gasteiger partial charge in [0, 0.05) is 43.8 Å². The number of aromatic nitrogens is 5. The van der Waals surface area contributed by atoms with Crippen LogP contribution in [-0.2, 0) is 7.05 Å². The highest BCUT2D eigenvalue weighted by Crippen LogP contribution is 2.24. The van der Waals surface area contributed by atoms with Gasteiger partial charge in [-0.3, -0.25) is 4.68 Å². The lowest BCUT2D eigenvalue weighted by molar-refractivity contribution is 0.171. The summed E-state index contributed by atoms with van der Waals surface area (Å²) in [6.45, 7) is 3.68. The Hall–Kier alpha value is -2.96. The SMILES string of the molecule is Cc1nn(C)cc1-c1ccnc(N2CCC[C@H](Oc3ccccn3)C2)n1. The first-order valence-electron chi connectivity index (χ1n) is 8.85. The number of pyridine rings is 1. The van der Waals surface area contributed by atoms with E-state index in [1.165, 1.54) is 0 Å². The van der Waals surface area contributed by atoms with Crippen molar-refractivity contribution in [2.75, 3.05) is 18.0 Å². The van der Waals surface area contributed by atoms with Gasteiger partial charge >= 0.3 is 0 Å². The second-order valence-corrected chi connectivity index (χ2v) is 6.54. The van der Waals surface area contributed by atoms with E-state index in [1.807, 2.05) is 55.3 Å². The Kier molecular flexibility index (Phi) is 4.51. The number of nitrogens with zero attached hydrogens (tertiary/aromatic N) is 6. The van der Waals surface area contributed by atoms with Crippen LogP contribution in [0.1, 0.15) is 18.5 Å². The van der Waals surface area contributed by atoms with Gasteiger partial charge in [0.05, 0.1) is 17.9 Å². The minimum absolute atomic E-state index is 0.0889. The van der Waals surface area contributed by atoms with Crippen LogP contribution in [0.15, 0.2) is 42.9 Å². The van der Waals surface area contributed by atoms with Crippen molar-refractivity contribution >= 4 is 5.95 Å². The molecule has 0 amide bonds. The summed E-state index contributed by atoms with van der Waals surface area (Å²) < 4.78 is 7.83. The van der Waals surface area contributed by atoms with Crippen LogP contribution in [0.3, 0.4) is 0 Å². The van der Waals surface area contributed by atoms with Crippen molar-refractivity contribution in [2.45, 2.75) is 25.9 Å². The molecule has 3 aromatic heterocycles. The Labute approximate surface area is 152 Å². The molecule has 7 nitrogen and oxygen atoms in total. The summed E-state index contributed by atoms with van der Waals surface area (Å²) in [7, 11) is 1.92. The largest absolute Gasteiger partial charge is 0.472 e. The van der Waals surface area contributed by atoms with Gasteiger partial charge in [0.15, 0.2) is 0 Å². The van der Waals surface area contributed by atoms with E-state index in [0.29, 0.717) is 5.88 Å². The van der Waals surface area contributed by atoms with Crippen LogP contribution in [-0.4, -0.2) is 43.9 Å². The molecule has 0 saturated carbocycles. The lowest BCUT2D eigenvalue weighted by Crippen LogP contribution is -2.42. The quantitative estimate of drug-likeness (QED) is 0.720. The Morgan fingerprint density at radius 1 is 1.15 bits per heavy atom. The molecule has 0 N–H and O–H groups in total. The third kappa shape index (κ3) is 3.51. The number of aryl methyl sites for hydroxylation is 2. The van der Waals surface area contributed by atoms with E-state index in [2.05, 4.69) is 20.0 Å². The molecule has 3 aromatic rings. The molecule has 0 unspecified atom stereocenters. The van der Waals surface area contributed by atoms with Gasteiger partial charge in [0.25, 0.3) is 0 Å². The van der Waals surface area contributed by atoms with Crippen molar-refractivity contribution in [1.29, 1.82) is 0 Å². The number of ether oxygens (including phenoxy) is 1. The van der Waals surface area contributed by atoms with Crippen LogP contribution >= 0.6 is 0 Å². The Balaban J connectivity index is 1.52. The first-order chi connectivity index (χ1) is 12.7. The number of anilines is 1. The first-order valence-corrected chi connectivity index (χ1v) is 8.85. The molecule has 1 fully saturated rings. The van der Waals surface area contributed by atoms with E-state index in [0.717, 1.165) is 48.8 Å². The molecule has 0 aromatic carbocycles. The average Bonchev–Trinajstić information content (AvgIpc) is 3.01. The average molecular weight is 350 g/mol. The second-order valence-electron chi connectivity index (χ2n) is 6.54. The normalized spacial score (nSPS) is 17.3. The Morgan fingerprint density at radius 3 is 2.85 bits per heavy atom. The van der Waals surface area contributed by atoms with Gasteiger partial charge in [-0.2, -0.15) is 5.10 Å². The molecule has 1 aliphatic heterocycles. The zero-order valence-corrected chi connectivity index (χ0v) is 15.0. The molecular weight excluding hydrogens is 328 g/mol. The zero-order valence-electron chi connectivity index (χ0n) is 15.0. The van der Waals surface area contributed by atoms with Crippen LogP contribution in [0.25, 0.3) is 11.3 Å². The molecule has 4 heterocycles. The van der Waals surface area contributed by atoms with E-state index in [1.54, 1.807) is 6.20 Å². The van der Waals surface area contributed by atoms with E-state index >= 15 is 0 Å². The van der Waals surface area contributed by atoms with Crippen molar-refractivity contribution in [2.24, 2.45) is 7.05 Å². The number of hydrogen-bond acceptors (Lipinski definition) is 6. The highest BCUT2D eigenvalue weighted by molar-refractivity contribution is 5.61. The molecular formula is C19H22N6O. The van der Waals surface area contributed by atoms with Crippen LogP contribution in [0.5, 0.6) is 5.88 Å². The minimum atomic E-state index is 0.0889. The van der Waals surface area contributed by atoms with E-state index in [9.17, 15) is 0 Å². The maximum Gasteiger partial charge on any atom is 0.225 e. The van der Waals surface area contributed by atoms with Crippen LogP contribution in [0.4, 0.5) is 5.95 Å². The lowest BCUT2D eigenvalue weighted by atomic mass is 10.1. The van der Waals surface area contributed by atoms with Crippen molar-refractivity contribution in [3.8, 4) is 17.1 Å². The number of piperidine rings is 1. The van der Waals surface area contributed by atoms with E-state index in [-0.39, 0.29) is 6.10 Å². The molecule has 134 valence electrons. The zero-order chi connectivity index (χ0) is 17.9. The summed E-state index contributed by atoms with van der Waals surface area (Å²) in [5, 5.41) is 4.40. The van der Waals surface area contributed by atoms with Gasteiger partial charge in [0.1, 0.15) is 6.10 Å². The summed E-state index contributed by atoms with van der Waals surface area (Å²) in [5.41, 5.74) is 2.90. The van der Waals surface area contributed by atoms with Crippen molar-refractivity contribution in [3.05, 3.63) is 48.5 Å². The molecule has 1 atom stereocenters. The number of hydrogen-bond donors (Lipinski definition) is 0. The molecule has 1 saturated heterocycles. The molecule has 26 heavy (non-hydrogen) atoms. The van der Waals surface area contributed by atoms with Gasteiger partial charge in [-0.05, 0) is 31.9 Å². The molecule has 1 aliphatic rings. The standard InChI is InChI=1S/C19H22N6O/c1-14-16(13-24(2)23-14)17-8-10-21-19(22-17)25-11-5-6-15(12-25)26-18-7-3-4-9-20-18/h3-4,7-10,13,15H,5-6,11-12H2,1-2H3/t15-/m0/s1. The topological polar surface area (TPSA) is 69.0 Å². The third-order valence-corrected chi connectivity index (χ3v) is 4.52. The van der Waals surface area contributed by atoms with Crippen LogP contribution < -0.4 is 9.64 Å². The predicted molar refractivity (Wildman–Crippen MR) is 99.1 cm³/mol. The summed E-state index contributed by atoms with van der Waals surface area (Å²) in [6.07, 6.45) is 7.69. The fourth-order valence-electron chi connectivity index (χ4n) is 3.31. The molecule has 0 radical (unpaired) electrons. The minimum Gasteiger partial charge on any atom is -0.472 e. The predicted octanol–water partition coefficient (Wildman–Crippen LogP) is 2.63. The molecule has 0 spiro atoms. The van der Waals surface area contributed by atoms with E-state index < -0.39 is 0 Å². The number of rotatable bonds is 4. The van der Waals surface area contributed by atoms with E-state index in [4.69, 9.17) is 9.72 Å².